The summed E-state index contributed by atoms with van der Waals surface area (Å²) in [6.07, 6.45) is 3.05. The fourth-order valence-corrected chi connectivity index (χ4v) is 3.14. The van der Waals surface area contributed by atoms with Crippen LogP contribution in [0.15, 0.2) is 18.2 Å². The van der Waals surface area contributed by atoms with Crippen LogP contribution in [0, 0.1) is 11.8 Å². The number of anilines is 1. The summed E-state index contributed by atoms with van der Waals surface area (Å²) in [5.74, 6) is 1.07. The summed E-state index contributed by atoms with van der Waals surface area (Å²) >= 11 is 6.11. The standard InChI is InChI=1S/C15H21ClN2O2/c1-18(11-6-7-14(20-2)13(16)8-11)15(19)12-5-3-4-10(12)9-17/h6-8,10,12H,3-5,9,17H2,1-2H3/t10-,12-/m1/s1. The lowest BCUT2D eigenvalue weighted by Gasteiger charge is -2.25. The molecule has 5 heteroatoms. The van der Waals surface area contributed by atoms with Crippen LogP contribution in [0.1, 0.15) is 19.3 Å². The number of halogens is 1. The Morgan fingerprint density at radius 3 is 2.85 bits per heavy atom. The van der Waals surface area contributed by atoms with E-state index < -0.39 is 0 Å². The van der Waals surface area contributed by atoms with E-state index in [0.29, 0.717) is 23.2 Å². The van der Waals surface area contributed by atoms with Gasteiger partial charge in [-0.1, -0.05) is 18.0 Å². The highest BCUT2D eigenvalue weighted by Gasteiger charge is 2.34. The molecule has 1 aromatic carbocycles. The minimum Gasteiger partial charge on any atom is -0.495 e. The summed E-state index contributed by atoms with van der Waals surface area (Å²) in [6.45, 7) is 0.577. The molecule has 0 aromatic heterocycles. The second kappa shape index (κ2) is 6.46. The maximum absolute atomic E-state index is 12.6. The number of amides is 1. The Kier molecular flexibility index (Phi) is 4.89. The van der Waals surface area contributed by atoms with Crippen molar-refractivity contribution >= 4 is 23.2 Å². The van der Waals surface area contributed by atoms with E-state index in [2.05, 4.69) is 0 Å². The first-order valence-electron chi connectivity index (χ1n) is 6.89. The first kappa shape index (κ1) is 15.1. The Morgan fingerprint density at radius 1 is 1.50 bits per heavy atom. The lowest BCUT2D eigenvalue weighted by atomic mass is 9.94. The molecule has 0 unspecified atom stereocenters. The smallest absolute Gasteiger partial charge is 0.230 e. The molecule has 2 rings (SSSR count). The SMILES string of the molecule is COc1ccc(N(C)C(=O)[C@@H]2CCC[C@@H]2CN)cc1Cl. The van der Waals surface area contributed by atoms with Gasteiger partial charge in [0.2, 0.25) is 5.91 Å². The van der Waals surface area contributed by atoms with E-state index in [4.69, 9.17) is 22.1 Å². The topological polar surface area (TPSA) is 55.6 Å². The molecule has 1 fully saturated rings. The molecule has 0 saturated heterocycles. The highest BCUT2D eigenvalue weighted by Crippen LogP contribution is 2.34. The van der Waals surface area contributed by atoms with Gasteiger partial charge in [0.05, 0.1) is 12.1 Å². The minimum absolute atomic E-state index is 0.0332. The van der Waals surface area contributed by atoms with Gasteiger partial charge in [-0.2, -0.15) is 0 Å². The lowest BCUT2D eigenvalue weighted by molar-refractivity contribution is -0.123. The molecule has 0 bridgehead atoms. The minimum atomic E-state index is 0.0332. The van der Waals surface area contributed by atoms with Gasteiger partial charge in [0.1, 0.15) is 5.75 Å². The third kappa shape index (κ3) is 2.91. The second-order valence-electron chi connectivity index (χ2n) is 5.25. The van der Waals surface area contributed by atoms with Crippen LogP contribution in [-0.2, 0) is 4.79 Å². The summed E-state index contributed by atoms with van der Waals surface area (Å²) in [6, 6.07) is 5.37. The molecular formula is C15H21ClN2O2. The van der Waals surface area contributed by atoms with Gasteiger partial charge in [-0.25, -0.2) is 0 Å². The van der Waals surface area contributed by atoms with Crippen molar-refractivity contribution < 1.29 is 9.53 Å². The predicted molar refractivity (Wildman–Crippen MR) is 81.3 cm³/mol. The molecule has 1 aromatic rings. The van der Waals surface area contributed by atoms with Gasteiger partial charge in [-0.05, 0) is 43.5 Å². The molecule has 1 aliphatic rings. The Morgan fingerprint density at radius 2 is 2.25 bits per heavy atom. The molecule has 1 amide bonds. The fraction of sp³-hybridized carbons (Fsp3) is 0.533. The van der Waals surface area contributed by atoms with E-state index in [1.807, 2.05) is 6.07 Å². The van der Waals surface area contributed by atoms with Crippen molar-refractivity contribution in [1.29, 1.82) is 0 Å². The maximum Gasteiger partial charge on any atom is 0.230 e. The third-order valence-electron chi connectivity index (χ3n) is 4.13. The second-order valence-corrected chi connectivity index (χ2v) is 5.66. The van der Waals surface area contributed by atoms with Crippen LogP contribution in [0.2, 0.25) is 5.02 Å². The Hall–Kier alpha value is -1.26. The molecule has 0 aliphatic heterocycles. The number of nitrogens with two attached hydrogens (primary N) is 1. The van der Waals surface area contributed by atoms with Crippen LogP contribution in [0.25, 0.3) is 0 Å². The number of hydrogen-bond acceptors (Lipinski definition) is 3. The number of methoxy groups -OCH3 is 1. The fourth-order valence-electron chi connectivity index (χ4n) is 2.88. The summed E-state index contributed by atoms with van der Waals surface area (Å²) in [5, 5.41) is 0.506. The molecule has 2 N–H and O–H groups in total. The van der Waals surface area contributed by atoms with Crippen molar-refractivity contribution in [3.63, 3.8) is 0 Å². The molecule has 0 spiro atoms. The molecule has 20 heavy (non-hydrogen) atoms. The molecule has 1 aliphatic carbocycles. The largest absolute Gasteiger partial charge is 0.495 e. The number of rotatable bonds is 4. The number of ether oxygens (including phenoxy) is 1. The van der Waals surface area contributed by atoms with Crippen molar-refractivity contribution in [2.75, 3.05) is 25.6 Å². The number of hydrogen-bond donors (Lipinski definition) is 1. The first-order valence-corrected chi connectivity index (χ1v) is 7.27. The predicted octanol–water partition coefficient (Wildman–Crippen LogP) is 2.69. The van der Waals surface area contributed by atoms with E-state index in [0.717, 1.165) is 24.9 Å². The van der Waals surface area contributed by atoms with Gasteiger partial charge >= 0.3 is 0 Å². The normalized spacial score (nSPS) is 21.8. The zero-order chi connectivity index (χ0) is 14.7. The van der Waals surface area contributed by atoms with Gasteiger partial charge in [0.15, 0.2) is 0 Å². The van der Waals surface area contributed by atoms with E-state index >= 15 is 0 Å². The maximum atomic E-state index is 12.6. The van der Waals surface area contributed by atoms with Crippen LogP contribution < -0.4 is 15.4 Å². The molecule has 0 radical (unpaired) electrons. The number of carbonyl (C=O) groups is 1. The highest BCUT2D eigenvalue weighted by atomic mass is 35.5. The first-order chi connectivity index (χ1) is 9.58. The summed E-state index contributed by atoms with van der Waals surface area (Å²) < 4.78 is 5.12. The van der Waals surface area contributed by atoms with E-state index in [-0.39, 0.29) is 11.8 Å². The Balaban J connectivity index is 2.16. The van der Waals surface area contributed by atoms with Gasteiger partial charge in [0, 0.05) is 18.7 Å². The van der Waals surface area contributed by atoms with Crippen molar-refractivity contribution in [1.82, 2.24) is 0 Å². The third-order valence-corrected chi connectivity index (χ3v) is 4.43. The summed E-state index contributed by atoms with van der Waals surface area (Å²) in [7, 11) is 3.35. The van der Waals surface area contributed by atoms with E-state index in [1.54, 1.807) is 31.2 Å². The van der Waals surface area contributed by atoms with Crippen LogP contribution in [0.3, 0.4) is 0 Å². The quantitative estimate of drug-likeness (QED) is 0.929. The Bertz CT molecular complexity index is 493. The zero-order valence-electron chi connectivity index (χ0n) is 11.9. The van der Waals surface area contributed by atoms with Gasteiger partial charge in [-0.15, -0.1) is 0 Å². The van der Waals surface area contributed by atoms with Crippen molar-refractivity contribution in [3.05, 3.63) is 23.2 Å². The van der Waals surface area contributed by atoms with Crippen molar-refractivity contribution in [3.8, 4) is 5.75 Å². The molecule has 2 atom stereocenters. The van der Waals surface area contributed by atoms with E-state index in [9.17, 15) is 4.79 Å². The molecule has 1 saturated carbocycles. The molecule has 0 heterocycles. The van der Waals surface area contributed by atoms with Crippen LogP contribution in [0.4, 0.5) is 5.69 Å². The zero-order valence-corrected chi connectivity index (χ0v) is 12.7. The Labute approximate surface area is 124 Å². The van der Waals surface area contributed by atoms with Crippen LogP contribution in [0.5, 0.6) is 5.75 Å². The molecule has 4 nitrogen and oxygen atoms in total. The van der Waals surface area contributed by atoms with Crippen molar-refractivity contribution in [2.24, 2.45) is 17.6 Å². The summed E-state index contributed by atoms with van der Waals surface area (Å²) in [5.41, 5.74) is 6.54. The van der Waals surface area contributed by atoms with Crippen LogP contribution in [-0.4, -0.2) is 26.6 Å². The average Bonchev–Trinajstić information content (AvgIpc) is 2.94. The van der Waals surface area contributed by atoms with Crippen LogP contribution >= 0.6 is 11.6 Å². The average molecular weight is 297 g/mol. The van der Waals surface area contributed by atoms with E-state index in [1.165, 1.54) is 0 Å². The highest BCUT2D eigenvalue weighted by molar-refractivity contribution is 6.32. The summed E-state index contributed by atoms with van der Waals surface area (Å²) in [4.78, 5) is 14.2. The molecular weight excluding hydrogens is 276 g/mol. The number of carbonyl (C=O) groups excluding carboxylic acids is 1. The number of benzene rings is 1. The lowest BCUT2D eigenvalue weighted by Crippen LogP contribution is -2.36. The van der Waals surface area contributed by atoms with Gasteiger partial charge < -0.3 is 15.4 Å². The number of nitrogens with zero attached hydrogens (tertiary/aromatic N) is 1. The monoisotopic (exact) mass is 296 g/mol. The van der Waals surface area contributed by atoms with Gasteiger partial charge in [0.25, 0.3) is 0 Å². The van der Waals surface area contributed by atoms with Gasteiger partial charge in [-0.3, -0.25) is 4.79 Å². The molecule has 110 valence electrons. The van der Waals surface area contributed by atoms with Crippen molar-refractivity contribution in [2.45, 2.75) is 19.3 Å².